The van der Waals surface area contributed by atoms with E-state index in [-0.39, 0.29) is 50.8 Å². The van der Waals surface area contributed by atoms with E-state index in [1.807, 2.05) is 0 Å². The van der Waals surface area contributed by atoms with Gasteiger partial charge in [-0.2, -0.15) is 27.8 Å². The van der Waals surface area contributed by atoms with Gasteiger partial charge >= 0.3 is 0 Å². The van der Waals surface area contributed by atoms with E-state index in [4.69, 9.17) is 0 Å². The maximum atomic E-state index is 2.20. The van der Waals surface area contributed by atoms with Gasteiger partial charge < -0.3 is 29.7 Å². The summed E-state index contributed by atoms with van der Waals surface area (Å²) >= 11 is 0. The Balaban J connectivity index is -0.0000000667. The van der Waals surface area contributed by atoms with Crippen molar-refractivity contribution in [2.45, 2.75) is 34.6 Å². The molecule has 0 amide bonds. The molecule has 0 spiro atoms. The molecule has 0 nitrogen and oxygen atoms in total. The molecule has 0 fully saturated rings. The van der Waals surface area contributed by atoms with E-state index in [1.165, 1.54) is 27.8 Å². The summed E-state index contributed by atoms with van der Waals surface area (Å²) in [5.74, 6) is 0. The topological polar surface area (TPSA) is 0 Å². The van der Waals surface area contributed by atoms with Crippen molar-refractivity contribution in [2.24, 2.45) is 0 Å². The molecule has 0 unspecified atom stereocenters. The van der Waals surface area contributed by atoms with Gasteiger partial charge in [0.05, 0.1) is 0 Å². The van der Waals surface area contributed by atoms with E-state index in [1.54, 1.807) is 0 Å². The third-order valence-electron chi connectivity index (χ3n) is 2.81. The van der Waals surface area contributed by atoms with Gasteiger partial charge in [-0.05, 0) is 0 Å². The van der Waals surface area contributed by atoms with Gasteiger partial charge in [-0.25, -0.2) is 0 Å². The molecule has 0 radical (unpaired) electrons. The van der Waals surface area contributed by atoms with Gasteiger partial charge in [-0.1, -0.05) is 34.6 Å². The van der Waals surface area contributed by atoms with Crippen molar-refractivity contribution in [2.75, 3.05) is 0 Å². The molecule has 0 aromatic heterocycles. The van der Waals surface area contributed by atoms with Gasteiger partial charge in [-0.3, -0.25) is 0 Å². The maximum Gasteiger partial charge on any atom is 0 e. The minimum absolute atomic E-state index is 0. The van der Waals surface area contributed by atoms with Crippen LogP contribution in [0.4, 0.5) is 0 Å². The Morgan fingerprint density at radius 3 is 0.933 bits per heavy atom. The average Bonchev–Trinajstić information content (AvgIpc) is 2.07. The fourth-order valence-electron chi connectivity index (χ4n) is 1.41. The molecule has 1 aromatic carbocycles. The van der Waals surface area contributed by atoms with E-state index in [2.05, 4.69) is 34.6 Å². The molecule has 94 valence electrons. The van der Waals surface area contributed by atoms with Crippen LogP contribution in [0.3, 0.4) is 0 Å². The Bertz CT molecular complexity index is 176. The van der Waals surface area contributed by atoms with E-state index in [0.29, 0.717) is 0 Å². The third-order valence-corrected chi connectivity index (χ3v) is 2.81. The zero-order chi connectivity index (χ0) is 7.89. The molecule has 0 atom stereocenters. The molecule has 0 saturated heterocycles. The van der Waals surface area contributed by atoms with Crippen LogP contribution in [0.15, 0.2) is 0 Å². The largest absolute Gasteiger partial charge is 0.358 e. The summed E-state index contributed by atoms with van der Waals surface area (Å²) < 4.78 is 0. The number of rotatable bonds is 0. The Morgan fingerprint density at radius 2 is 0.867 bits per heavy atom. The maximum absolute atomic E-state index is 2.20. The smallest absolute Gasteiger partial charge is 0 e. The van der Waals surface area contributed by atoms with Crippen LogP contribution in [0, 0.1) is 64.3 Å². The zero-order valence-corrected chi connectivity index (χ0v) is 14.8. The van der Waals surface area contributed by atoms with Crippen LogP contribution in [0.5, 0.6) is 0 Å². The van der Waals surface area contributed by atoms with Gasteiger partial charge in [0.25, 0.3) is 0 Å². The summed E-state index contributed by atoms with van der Waals surface area (Å²) in [5.41, 5.74) is 7.34. The van der Waals surface area contributed by atoms with Crippen LogP contribution in [0.25, 0.3) is 0 Å². The standard InChI is InChI=1S/C10H15.4CH3.W/c1-6-7(2)9(4)10(5)8(6)3;;;;;/h1-5H3;4*1H3;/q5*-1;. The summed E-state index contributed by atoms with van der Waals surface area (Å²) in [6.07, 6.45) is 0. The molecule has 1 heteroatoms. The Hall–Kier alpha value is 0.0383. The first-order valence-corrected chi connectivity index (χ1v) is 3.75. The molecule has 1 rings (SSSR count). The molecule has 0 aliphatic rings. The van der Waals surface area contributed by atoms with Crippen molar-refractivity contribution >= 4 is 0 Å². The molecular formula is C14H27W-5. The van der Waals surface area contributed by atoms with Crippen LogP contribution < -0.4 is 0 Å². The fourth-order valence-corrected chi connectivity index (χ4v) is 1.41. The van der Waals surface area contributed by atoms with Crippen molar-refractivity contribution in [3.8, 4) is 0 Å². The minimum Gasteiger partial charge on any atom is -0.358 e. The summed E-state index contributed by atoms with van der Waals surface area (Å²) in [4.78, 5) is 0. The monoisotopic (exact) mass is 379 g/mol. The predicted octanol–water partition coefficient (Wildman–Crippen LogP) is 4.75. The first-order valence-electron chi connectivity index (χ1n) is 3.75. The third kappa shape index (κ3) is 5.07. The molecule has 1 aromatic rings. The molecule has 0 bridgehead atoms. The molecule has 15 heavy (non-hydrogen) atoms. The molecule has 0 aliphatic heterocycles. The molecule has 0 N–H and O–H groups in total. The molecule has 0 aliphatic carbocycles. The fraction of sp³-hybridized carbons (Fsp3) is 0.357. The molecular weight excluding hydrogens is 352 g/mol. The summed E-state index contributed by atoms with van der Waals surface area (Å²) in [6.45, 7) is 11.0. The first kappa shape index (κ1) is 29.4. The Morgan fingerprint density at radius 1 is 0.667 bits per heavy atom. The molecule has 0 heterocycles. The van der Waals surface area contributed by atoms with Crippen LogP contribution in [-0.4, -0.2) is 0 Å². The molecule has 0 saturated carbocycles. The van der Waals surface area contributed by atoms with Crippen LogP contribution in [-0.2, 0) is 21.1 Å². The van der Waals surface area contributed by atoms with Crippen molar-refractivity contribution in [1.29, 1.82) is 0 Å². The Kier molecular flexibility index (Phi) is 20.7. The normalized spacial score (nSPS) is 7.00. The van der Waals surface area contributed by atoms with Crippen LogP contribution in [0.2, 0.25) is 0 Å². The van der Waals surface area contributed by atoms with E-state index < -0.39 is 0 Å². The van der Waals surface area contributed by atoms with Gasteiger partial charge in [0.15, 0.2) is 0 Å². The van der Waals surface area contributed by atoms with E-state index in [0.717, 1.165) is 0 Å². The predicted molar refractivity (Wildman–Crippen MR) is 71.4 cm³/mol. The van der Waals surface area contributed by atoms with Gasteiger partial charge in [-0.15, -0.1) is 0 Å². The zero-order valence-electron chi connectivity index (χ0n) is 11.9. The Labute approximate surface area is 113 Å². The van der Waals surface area contributed by atoms with Crippen molar-refractivity contribution in [3.63, 3.8) is 0 Å². The second kappa shape index (κ2) is 10.6. The van der Waals surface area contributed by atoms with Crippen molar-refractivity contribution in [1.82, 2.24) is 0 Å². The number of hydrogen-bond acceptors (Lipinski definition) is 0. The van der Waals surface area contributed by atoms with Crippen LogP contribution >= 0.6 is 0 Å². The first-order chi connectivity index (χ1) is 4.55. The van der Waals surface area contributed by atoms with E-state index >= 15 is 0 Å². The SMILES string of the molecule is Cc1c(C)c(C)[c-](C)c1C.[CH3-].[CH3-].[CH3-].[CH3-].[W]. The summed E-state index contributed by atoms with van der Waals surface area (Å²) in [6, 6.07) is 0. The van der Waals surface area contributed by atoms with Crippen molar-refractivity contribution in [3.05, 3.63) is 57.5 Å². The quantitative estimate of drug-likeness (QED) is 0.571. The minimum atomic E-state index is 0. The van der Waals surface area contributed by atoms with Crippen molar-refractivity contribution < 1.29 is 21.1 Å². The summed E-state index contributed by atoms with van der Waals surface area (Å²) in [7, 11) is 0. The average molecular weight is 379 g/mol. The van der Waals surface area contributed by atoms with Gasteiger partial charge in [0.2, 0.25) is 0 Å². The van der Waals surface area contributed by atoms with Gasteiger partial charge in [0, 0.05) is 21.1 Å². The second-order valence-corrected chi connectivity index (χ2v) is 3.12. The number of hydrogen-bond donors (Lipinski definition) is 0. The van der Waals surface area contributed by atoms with E-state index in [9.17, 15) is 0 Å². The second-order valence-electron chi connectivity index (χ2n) is 3.12. The summed E-state index contributed by atoms with van der Waals surface area (Å²) in [5, 5.41) is 0. The van der Waals surface area contributed by atoms with Gasteiger partial charge in [0.1, 0.15) is 0 Å². The van der Waals surface area contributed by atoms with Crippen LogP contribution in [0.1, 0.15) is 27.8 Å².